The van der Waals surface area contributed by atoms with Gasteiger partial charge in [-0.1, -0.05) is 0 Å². The third-order valence-electron chi connectivity index (χ3n) is 1.83. The first-order chi connectivity index (χ1) is 7.13. The first-order valence-corrected chi connectivity index (χ1v) is 4.51. The van der Waals surface area contributed by atoms with Crippen molar-refractivity contribution in [3.63, 3.8) is 0 Å². The molecular formula is C10H13FN2O2. The quantitative estimate of drug-likeness (QED) is 0.727. The Morgan fingerprint density at radius 2 is 2.13 bits per heavy atom. The van der Waals surface area contributed by atoms with Crippen LogP contribution in [0, 0.1) is 5.82 Å². The molecule has 0 aliphatic rings. The number of hydrogen-bond donors (Lipinski definition) is 2. The number of nitrogens with one attached hydrogen (secondary N) is 1. The van der Waals surface area contributed by atoms with E-state index in [4.69, 9.17) is 5.90 Å². The third kappa shape index (κ3) is 3.65. The van der Waals surface area contributed by atoms with Crippen molar-refractivity contribution in [2.75, 3.05) is 6.61 Å². The number of carbonyl (C=O) groups is 1. The normalized spacial score (nSPS) is 12.2. The lowest BCUT2D eigenvalue weighted by atomic mass is 10.2. The number of nitrogens with two attached hydrogens (primary N) is 1. The van der Waals surface area contributed by atoms with Crippen molar-refractivity contribution >= 4 is 5.91 Å². The van der Waals surface area contributed by atoms with Crippen LogP contribution in [-0.2, 0) is 4.84 Å². The van der Waals surface area contributed by atoms with Crippen molar-refractivity contribution < 1.29 is 14.0 Å². The van der Waals surface area contributed by atoms with Crippen molar-refractivity contribution in [2.24, 2.45) is 5.90 Å². The first-order valence-electron chi connectivity index (χ1n) is 4.51. The molecule has 1 amide bonds. The average Bonchev–Trinajstić information content (AvgIpc) is 2.18. The average molecular weight is 212 g/mol. The van der Waals surface area contributed by atoms with Gasteiger partial charge in [0.25, 0.3) is 5.91 Å². The van der Waals surface area contributed by atoms with Gasteiger partial charge >= 0.3 is 0 Å². The molecule has 1 unspecified atom stereocenters. The predicted octanol–water partition coefficient (Wildman–Crippen LogP) is 0.834. The van der Waals surface area contributed by atoms with Crippen molar-refractivity contribution in [1.82, 2.24) is 5.32 Å². The maximum atomic E-state index is 12.6. The van der Waals surface area contributed by atoms with Gasteiger partial charge in [-0.25, -0.2) is 10.3 Å². The summed E-state index contributed by atoms with van der Waals surface area (Å²) in [5, 5.41) is 2.65. The first kappa shape index (κ1) is 11.6. The number of hydrogen-bond acceptors (Lipinski definition) is 3. The van der Waals surface area contributed by atoms with Gasteiger partial charge in [-0.15, -0.1) is 0 Å². The molecule has 0 saturated heterocycles. The van der Waals surface area contributed by atoms with Crippen LogP contribution in [0.3, 0.4) is 0 Å². The second kappa shape index (κ2) is 5.43. The zero-order valence-electron chi connectivity index (χ0n) is 8.37. The Labute approximate surface area is 87.2 Å². The highest BCUT2D eigenvalue weighted by Crippen LogP contribution is 2.02. The number of amides is 1. The van der Waals surface area contributed by atoms with Crippen LogP contribution in [0.25, 0.3) is 0 Å². The minimum atomic E-state index is -0.370. The summed E-state index contributed by atoms with van der Waals surface area (Å²) in [6.45, 7) is 1.99. The fraction of sp³-hybridized carbons (Fsp3) is 0.300. The van der Waals surface area contributed by atoms with Gasteiger partial charge in [-0.05, 0) is 31.2 Å². The molecule has 5 heteroatoms. The number of benzene rings is 1. The molecule has 1 rings (SSSR count). The topological polar surface area (TPSA) is 64.3 Å². The minimum Gasteiger partial charge on any atom is -0.347 e. The Balaban J connectivity index is 2.57. The van der Waals surface area contributed by atoms with E-state index in [9.17, 15) is 9.18 Å². The van der Waals surface area contributed by atoms with E-state index in [1.165, 1.54) is 24.3 Å². The fourth-order valence-electron chi connectivity index (χ4n) is 1.09. The van der Waals surface area contributed by atoms with Crippen LogP contribution < -0.4 is 11.2 Å². The lowest BCUT2D eigenvalue weighted by Crippen LogP contribution is -2.36. The van der Waals surface area contributed by atoms with Crippen LogP contribution in [0.2, 0.25) is 0 Å². The molecule has 0 spiro atoms. The summed E-state index contributed by atoms with van der Waals surface area (Å²) in [5.74, 6) is 4.21. The number of halogens is 1. The molecule has 0 heterocycles. The highest BCUT2D eigenvalue weighted by atomic mass is 19.1. The molecule has 1 atom stereocenters. The molecular weight excluding hydrogens is 199 g/mol. The van der Waals surface area contributed by atoms with Crippen LogP contribution in [0.15, 0.2) is 24.3 Å². The molecule has 0 fully saturated rings. The number of carbonyl (C=O) groups excluding carboxylic acids is 1. The monoisotopic (exact) mass is 212 g/mol. The van der Waals surface area contributed by atoms with Gasteiger partial charge in [-0.2, -0.15) is 0 Å². The molecule has 1 aromatic rings. The molecule has 1 aromatic carbocycles. The lowest BCUT2D eigenvalue weighted by Gasteiger charge is -2.11. The molecule has 82 valence electrons. The van der Waals surface area contributed by atoms with Gasteiger partial charge in [0.05, 0.1) is 12.6 Å². The second-order valence-electron chi connectivity index (χ2n) is 3.21. The van der Waals surface area contributed by atoms with Crippen LogP contribution in [0.1, 0.15) is 17.3 Å². The molecule has 0 saturated carbocycles. The van der Waals surface area contributed by atoms with E-state index in [0.717, 1.165) is 0 Å². The van der Waals surface area contributed by atoms with Crippen LogP contribution in [0.4, 0.5) is 4.39 Å². The van der Waals surface area contributed by atoms with E-state index >= 15 is 0 Å². The largest absolute Gasteiger partial charge is 0.347 e. The standard InChI is InChI=1S/C10H13FN2O2/c1-7(6-15-12)13-10(14)8-2-4-9(11)5-3-8/h2-5,7H,6,12H2,1H3,(H,13,14). The maximum Gasteiger partial charge on any atom is 0.251 e. The summed E-state index contributed by atoms with van der Waals surface area (Å²) >= 11 is 0. The van der Waals surface area contributed by atoms with Crippen LogP contribution >= 0.6 is 0 Å². The third-order valence-corrected chi connectivity index (χ3v) is 1.83. The van der Waals surface area contributed by atoms with E-state index in [2.05, 4.69) is 10.2 Å². The van der Waals surface area contributed by atoms with E-state index in [0.29, 0.717) is 5.56 Å². The Kier molecular flexibility index (Phi) is 4.20. The molecule has 15 heavy (non-hydrogen) atoms. The van der Waals surface area contributed by atoms with E-state index in [1.54, 1.807) is 6.92 Å². The van der Waals surface area contributed by atoms with Crippen molar-refractivity contribution in [3.8, 4) is 0 Å². The summed E-state index contributed by atoms with van der Waals surface area (Å²) in [7, 11) is 0. The van der Waals surface area contributed by atoms with Crippen molar-refractivity contribution in [3.05, 3.63) is 35.6 Å². The van der Waals surface area contributed by atoms with Crippen molar-refractivity contribution in [1.29, 1.82) is 0 Å². The molecule has 3 N–H and O–H groups in total. The maximum absolute atomic E-state index is 12.6. The summed E-state index contributed by atoms with van der Waals surface area (Å²) in [6.07, 6.45) is 0. The van der Waals surface area contributed by atoms with Gasteiger partial charge in [0, 0.05) is 5.56 Å². The Hall–Kier alpha value is -1.46. The van der Waals surface area contributed by atoms with E-state index in [1.807, 2.05) is 0 Å². The van der Waals surface area contributed by atoms with Gasteiger partial charge in [0.1, 0.15) is 5.82 Å². The summed E-state index contributed by atoms with van der Waals surface area (Å²) in [4.78, 5) is 15.9. The molecule has 4 nitrogen and oxygen atoms in total. The molecule has 0 aromatic heterocycles. The summed E-state index contributed by atoms with van der Waals surface area (Å²) in [5.41, 5.74) is 0.403. The predicted molar refractivity (Wildman–Crippen MR) is 53.5 cm³/mol. The van der Waals surface area contributed by atoms with Gasteiger partial charge in [0.15, 0.2) is 0 Å². The minimum absolute atomic E-state index is 0.187. The highest BCUT2D eigenvalue weighted by Gasteiger charge is 2.09. The second-order valence-corrected chi connectivity index (χ2v) is 3.21. The van der Waals surface area contributed by atoms with Crippen LogP contribution in [0.5, 0.6) is 0 Å². The fourth-order valence-corrected chi connectivity index (χ4v) is 1.09. The Bertz CT molecular complexity index is 327. The Morgan fingerprint density at radius 1 is 1.53 bits per heavy atom. The molecule has 0 aliphatic heterocycles. The molecule has 0 aliphatic carbocycles. The van der Waals surface area contributed by atoms with E-state index < -0.39 is 0 Å². The van der Waals surface area contributed by atoms with Crippen LogP contribution in [-0.4, -0.2) is 18.6 Å². The van der Waals surface area contributed by atoms with Gasteiger partial charge in [0.2, 0.25) is 0 Å². The zero-order chi connectivity index (χ0) is 11.3. The highest BCUT2D eigenvalue weighted by molar-refractivity contribution is 5.94. The van der Waals surface area contributed by atoms with E-state index in [-0.39, 0.29) is 24.4 Å². The van der Waals surface area contributed by atoms with Gasteiger partial charge < -0.3 is 10.2 Å². The molecule has 0 radical (unpaired) electrons. The molecule has 0 bridgehead atoms. The number of rotatable bonds is 4. The Morgan fingerprint density at radius 3 is 2.67 bits per heavy atom. The summed E-state index contributed by atoms with van der Waals surface area (Å²) in [6, 6.07) is 5.12. The van der Waals surface area contributed by atoms with Gasteiger partial charge in [-0.3, -0.25) is 4.79 Å². The summed E-state index contributed by atoms with van der Waals surface area (Å²) < 4.78 is 12.6. The lowest BCUT2D eigenvalue weighted by molar-refractivity contribution is 0.0857. The van der Waals surface area contributed by atoms with Crippen molar-refractivity contribution in [2.45, 2.75) is 13.0 Å². The smallest absolute Gasteiger partial charge is 0.251 e. The zero-order valence-corrected chi connectivity index (χ0v) is 8.37. The SMILES string of the molecule is CC(CON)NC(=O)c1ccc(F)cc1.